The van der Waals surface area contributed by atoms with E-state index in [9.17, 15) is 5.11 Å². The molecule has 90 valence electrons. The van der Waals surface area contributed by atoms with E-state index in [1.165, 1.54) is 0 Å². The summed E-state index contributed by atoms with van der Waals surface area (Å²) >= 11 is 0. The smallest absolute Gasteiger partial charge is 0.119 e. The molecule has 16 heavy (non-hydrogen) atoms. The Balaban J connectivity index is 2.50. The van der Waals surface area contributed by atoms with Crippen molar-refractivity contribution in [3.63, 3.8) is 0 Å². The van der Waals surface area contributed by atoms with Crippen LogP contribution in [0.1, 0.15) is 20.3 Å². The Kier molecular flexibility index (Phi) is 4.77. The van der Waals surface area contributed by atoms with Gasteiger partial charge in [-0.2, -0.15) is 0 Å². The molecule has 2 N–H and O–H groups in total. The Bertz CT molecular complexity index is 296. The summed E-state index contributed by atoms with van der Waals surface area (Å²) in [4.78, 5) is 0. The van der Waals surface area contributed by atoms with Crippen LogP contribution in [0.4, 0.5) is 0 Å². The third kappa shape index (κ3) is 3.83. The monoisotopic (exact) mass is 223 g/mol. The summed E-state index contributed by atoms with van der Waals surface area (Å²) in [5.74, 6) is 0.867. The standard InChI is InChI=1S/C13H21NO2/c1-11(9-13(2,10-15)14-3)16-12-7-5-4-6-8-12/h4-8,11,14-15H,9-10H2,1-3H3. The van der Waals surface area contributed by atoms with Crippen LogP contribution < -0.4 is 10.1 Å². The second kappa shape index (κ2) is 5.87. The van der Waals surface area contributed by atoms with E-state index >= 15 is 0 Å². The molecule has 0 saturated heterocycles. The molecule has 1 rings (SSSR count). The van der Waals surface area contributed by atoms with Crippen LogP contribution >= 0.6 is 0 Å². The SMILES string of the molecule is CNC(C)(CO)CC(C)Oc1ccccc1. The van der Waals surface area contributed by atoms with Gasteiger partial charge in [0.05, 0.1) is 12.7 Å². The summed E-state index contributed by atoms with van der Waals surface area (Å²) in [7, 11) is 1.85. The summed E-state index contributed by atoms with van der Waals surface area (Å²) in [5, 5.41) is 12.4. The van der Waals surface area contributed by atoms with Gasteiger partial charge in [0.25, 0.3) is 0 Å². The van der Waals surface area contributed by atoms with E-state index in [0.29, 0.717) is 0 Å². The molecule has 2 atom stereocenters. The minimum absolute atomic E-state index is 0.0620. The van der Waals surface area contributed by atoms with Crippen LogP contribution in [0.2, 0.25) is 0 Å². The second-order valence-corrected chi connectivity index (χ2v) is 4.41. The first-order valence-corrected chi connectivity index (χ1v) is 5.61. The highest BCUT2D eigenvalue weighted by Gasteiger charge is 2.24. The Hall–Kier alpha value is -1.06. The predicted molar refractivity (Wildman–Crippen MR) is 65.7 cm³/mol. The Morgan fingerprint density at radius 3 is 2.50 bits per heavy atom. The van der Waals surface area contributed by atoms with Crippen LogP contribution in [0.5, 0.6) is 5.75 Å². The average molecular weight is 223 g/mol. The molecule has 0 aliphatic heterocycles. The van der Waals surface area contributed by atoms with Crippen molar-refractivity contribution in [2.45, 2.75) is 31.9 Å². The fourth-order valence-electron chi connectivity index (χ4n) is 1.65. The third-order valence-electron chi connectivity index (χ3n) is 2.77. The van der Waals surface area contributed by atoms with E-state index in [1.54, 1.807) is 0 Å². The minimum Gasteiger partial charge on any atom is -0.491 e. The molecule has 3 heteroatoms. The first-order chi connectivity index (χ1) is 7.59. The van der Waals surface area contributed by atoms with Gasteiger partial charge in [0.2, 0.25) is 0 Å². The van der Waals surface area contributed by atoms with Gasteiger partial charge >= 0.3 is 0 Å². The number of aliphatic hydroxyl groups is 1. The lowest BCUT2D eigenvalue weighted by Crippen LogP contribution is -2.46. The third-order valence-corrected chi connectivity index (χ3v) is 2.77. The highest BCUT2D eigenvalue weighted by atomic mass is 16.5. The number of aliphatic hydroxyl groups excluding tert-OH is 1. The molecule has 0 aromatic heterocycles. The van der Waals surface area contributed by atoms with Crippen LogP contribution in [-0.4, -0.2) is 30.4 Å². The van der Waals surface area contributed by atoms with Crippen LogP contribution in [0.15, 0.2) is 30.3 Å². The van der Waals surface area contributed by atoms with E-state index < -0.39 is 0 Å². The highest BCUT2D eigenvalue weighted by molar-refractivity contribution is 5.21. The fraction of sp³-hybridized carbons (Fsp3) is 0.538. The zero-order chi connectivity index (χ0) is 12.0. The van der Waals surface area contributed by atoms with Gasteiger partial charge in [-0.25, -0.2) is 0 Å². The number of nitrogens with one attached hydrogen (secondary N) is 1. The van der Waals surface area contributed by atoms with E-state index in [0.717, 1.165) is 12.2 Å². The molecular formula is C13H21NO2. The van der Waals surface area contributed by atoms with Crippen molar-refractivity contribution < 1.29 is 9.84 Å². The van der Waals surface area contributed by atoms with Crippen molar-refractivity contribution in [1.82, 2.24) is 5.32 Å². The van der Waals surface area contributed by atoms with E-state index in [1.807, 2.05) is 51.2 Å². The molecule has 3 nitrogen and oxygen atoms in total. The molecule has 0 aliphatic rings. The largest absolute Gasteiger partial charge is 0.491 e. The highest BCUT2D eigenvalue weighted by Crippen LogP contribution is 2.17. The molecule has 0 saturated carbocycles. The predicted octanol–water partition coefficient (Wildman–Crippen LogP) is 1.81. The Morgan fingerprint density at radius 1 is 1.38 bits per heavy atom. The zero-order valence-corrected chi connectivity index (χ0v) is 10.2. The van der Waals surface area contributed by atoms with Crippen molar-refractivity contribution in [2.24, 2.45) is 0 Å². The van der Waals surface area contributed by atoms with Crippen LogP contribution in [0.25, 0.3) is 0 Å². The maximum Gasteiger partial charge on any atom is 0.119 e. The lowest BCUT2D eigenvalue weighted by atomic mass is 9.96. The molecule has 0 radical (unpaired) electrons. The number of likely N-dealkylation sites (N-methyl/N-ethyl adjacent to an activating group) is 1. The van der Waals surface area contributed by atoms with E-state index in [2.05, 4.69) is 5.32 Å². The van der Waals surface area contributed by atoms with Gasteiger partial charge in [-0.05, 0) is 33.0 Å². The van der Waals surface area contributed by atoms with Crippen molar-refractivity contribution in [1.29, 1.82) is 0 Å². The summed E-state index contributed by atoms with van der Waals surface area (Å²) in [5.41, 5.74) is -0.284. The molecule has 2 unspecified atom stereocenters. The average Bonchev–Trinajstić information content (AvgIpc) is 2.30. The molecule has 0 heterocycles. The summed E-state index contributed by atoms with van der Waals surface area (Å²) < 4.78 is 5.76. The van der Waals surface area contributed by atoms with Crippen LogP contribution in [-0.2, 0) is 0 Å². The Labute approximate surface area is 97.4 Å². The van der Waals surface area contributed by atoms with Crippen molar-refractivity contribution in [3.05, 3.63) is 30.3 Å². The summed E-state index contributed by atoms with van der Waals surface area (Å²) in [6, 6.07) is 9.73. The molecule has 0 fully saturated rings. The molecule has 0 bridgehead atoms. The van der Waals surface area contributed by atoms with Crippen molar-refractivity contribution in [2.75, 3.05) is 13.7 Å². The maximum absolute atomic E-state index is 9.28. The lowest BCUT2D eigenvalue weighted by molar-refractivity contribution is 0.115. The van der Waals surface area contributed by atoms with E-state index in [-0.39, 0.29) is 18.2 Å². The van der Waals surface area contributed by atoms with Crippen molar-refractivity contribution >= 4 is 0 Å². The van der Waals surface area contributed by atoms with E-state index in [4.69, 9.17) is 4.74 Å². The van der Waals surface area contributed by atoms with Gasteiger partial charge in [-0.15, -0.1) is 0 Å². The molecule has 0 amide bonds. The number of benzene rings is 1. The number of ether oxygens (including phenoxy) is 1. The summed E-state index contributed by atoms with van der Waals surface area (Å²) in [6.07, 6.45) is 0.821. The van der Waals surface area contributed by atoms with Crippen molar-refractivity contribution in [3.8, 4) is 5.75 Å². The first kappa shape index (κ1) is 13.0. The van der Waals surface area contributed by atoms with Gasteiger partial charge in [-0.3, -0.25) is 0 Å². The van der Waals surface area contributed by atoms with Gasteiger partial charge in [-0.1, -0.05) is 18.2 Å². The molecular weight excluding hydrogens is 202 g/mol. The van der Waals surface area contributed by atoms with Crippen LogP contribution in [0.3, 0.4) is 0 Å². The number of para-hydroxylation sites is 1. The number of hydrogen-bond acceptors (Lipinski definition) is 3. The fourth-order valence-corrected chi connectivity index (χ4v) is 1.65. The van der Waals surface area contributed by atoms with Gasteiger partial charge in [0.1, 0.15) is 5.75 Å². The topological polar surface area (TPSA) is 41.5 Å². The molecule has 1 aromatic rings. The zero-order valence-electron chi connectivity index (χ0n) is 10.2. The molecule has 0 aliphatic carbocycles. The number of rotatable bonds is 6. The van der Waals surface area contributed by atoms with Gasteiger partial charge in [0, 0.05) is 12.0 Å². The lowest BCUT2D eigenvalue weighted by Gasteiger charge is -2.30. The second-order valence-electron chi connectivity index (χ2n) is 4.41. The van der Waals surface area contributed by atoms with Gasteiger partial charge in [0.15, 0.2) is 0 Å². The maximum atomic E-state index is 9.28. The van der Waals surface area contributed by atoms with Gasteiger partial charge < -0.3 is 15.2 Å². The quantitative estimate of drug-likeness (QED) is 0.773. The molecule has 0 spiro atoms. The normalized spacial score (nSPS) is 16.5. The minimum atomic E-state index is -0.284. The Morgan fingerprint density at radius 2 is 2.00 bits per heavy atom. The summed E-state index contributed by atoms with van der Waals surface area (Å²) in [6.45, 7) is 4.10. The first-order valence-electron chi connectivity index (χ1n) is 5.61. The number of hydrogen-bond donors (Lipinski definition) is 2. The van der Waals surface area contributed by atoms with Crippen LogP contribution in [0, 0.1) is 0 Å². The molecule has 1 aromatic carbocycles.